The molecule has 6 nitrogen and oxygen atoms in total. The summed E-state index contributed by atoms with van der Waals surface area (Å²) in [4.78, 5) is 30.2. The molecule has 0 aliphatic carbocycles. The van der Waals surface area contributed by atoms with Crippen LogP contribution in [-0.2, 0) is 19.6 Å². The minimum atomic E-state index is -0.266. The maximum Gasteiger partial charge on any atom is 0.332 e. The number of hydrogen-bond donors (Lipinski definition) is 0. The van der Waals surface area contributed by atoms with E-state index in [0.717, 1.165) is 37.2 Å². The van der Waals surface area contributed by atoms with Crippen LogP contribution in [0, 0.1) is 0 Å². The van der Waals surface area contributed by atoms with Crippen molar-refractivity contribution in [2.24, 2.45) is 0 Å². The molecule has 0 saturated carbocycles. The van der Waals surface area contributed by atoms with E-state index >= 15 is 0 Å². The number of aryl methyl sites for hydroxylation is 2. The van der Waals surface area contributed by atoms with Gasteiger partial charge in [0.15, 0.2) is 11.2 Å². The van der Waals surface area contributed by atoms with Crippen LogP contribution in [0.2, 0.25) is 0 Å². The zero-order chi connectivity index (χ0) is 16.7. The molecule has 0 bridgehead atoms. The molecule has 3 heterocycles. The van der Waals surface area contributed by atoms with Crippen molar-refractivity contribution in [1.29, 1.82) is 0 Å². The number of rotatable bonds is 4. The van der Waals surface area contributed by atoms with Gasteiger partial charge in [-0.15, -0.1) is 0 Å². The quantitative estimate of drug-likeness (QED) is 0.739. The minimum absolute atomic E-state index is 0.207. The fraction of sp³-hybridized carbons (Fsp3) is 0.389. The second-order valence-corrected chi connectivity index (χ2v) is 6.22. The van der Waals surface area contributed by atoms with E-state index < -0.39 is 0 Å². The summed E-state index contributed by atoms with van der Waals surface area (Å²) < 4.78 is 5.08. The summed E-state index contributed by atoms with van der Waals surface area (Å²) in [7, 11) is 0. The number of imidazole rings is 1. The molecule has 3 aromatic rings. The second-order valence-electron chi connectivity index (χ2n) is 6.22. The first-order chi connectivity index (χ1) is 11.7. The van der Waals surface area contributed by atoms with Crippen molar-refractivity contribution >= 4 is 11.2 Å². The molecule has 1 aromatic carbocycles. The Morgan fingerprint density at radius 3 is 2.58 bits per heavy atom. The molecular formula is C18H20N4O2. The predicted octanol–water partition coefficient (Wildman–Crippen LogP) is 2.23. The van der Waals surface area contributed by atoms with Crippen molar-refractivity contribution in [3.8, 4) is 11.4 Å². The molecule has 0 saturated heterocycles. The third-order valence-electron chi connectivity index (χ3n) is 4.64. The number of aromatic nitrogens is 4. The van der Waals surface area contributed by atoms with Crippen molar-refractivity contribution in [2.75, 3.05) is 0 Å². The van der Waals surface area contributed by atoms with Crippen LogP contribution in [-0.4, -0.2) is 18.7 Å². The fourth-order valence-electron chi connectivity index (χ4n) is 3.43. The highest BCUT2D eigenvalue weighted by atomic mass is 16.2. The Morgan fingerprint density at radius 1 is 1.08 bits per heavy atom. The Kier molecular flexibility index (Phi) is 3.59. The Bertz CT molecular complexity index is 1010. The van der Waals surface area contributed by atoms with E-state index in [9.17, 15) is 9.59 Å². The van der Waals surface area contributed by atoms with Gasteiger partial charge in [-0.3, -0.25) is 13.9 Å². The first kappa shape index (κ1) is 14.9. The van der Waals surface area contributed by atoms with Gasteiger partial charge in [0.25, 0.3) is 5.56 Å². The van der Waals surface area contributed by atoms with E-state index in [4.69, 9.17) is 0 Å². The lowest BCUT2D eigenvalue weighted by molar-refractivity contribution is 0.480. The Hall–Kier alpha value is -2.63. The molecule has 2 aromatic heterocycles. The molecule has 0 N–H and O–H groups in total. The van der Waals surface area contributed by atoms with E-state index in [1.807, 2.05) is 41.8 Å². The van der Waals surface area contributed by atoms with Gasteiger partial charge in [0.2, 0.25) is 0 Å². The lowest BCUT2D eigenvalue weighted by Crippen LogP contribution is -2.41. The van der Waals surface area contributed by atoms with Crippen LogP contribution in [0.3, 0.4) is 0 Å². The van der Waals surface area contributed by atoms with Crippen molar-refractivity contribution in [1.82, 2.24) is 18.7 Å². The Labute approximate surface area is 139 Å². The summed E-state index contributed by atoms with van der Waals surface area (Å²) in [5.41, 5.74) is 1.57. The SMILES string of the molecule is CCCCn1c(=O)c2nc(-c3ccccc3)n3c2n(c1=O)CCC3. The molecule has 124 valence electrons. The zero-order valence-corrected chi connectivity index (χ0v) is 13.7. The van der Waals surface area contributed by atoms with Crippen molar-refractivity contribution < 1.29 is 0 Å². The topological polar surface area (TPSA) is 61.8 Å². The first-order valence-corrected chi connectivity index (χ1v) is 8.51. The van der Waals surface area contributed by atoms with Gasteiger partial charge in [0.1, 0.15) is 5.82 Å². The van der Waals surface area contributed by atoms with Gasteiger partial charge in [0.05, 0.1) is 0 Å². The van der Waals surface area contributed by atoms with Crippen LogP contribution in [0.5, 0.6) is 0 Å². The first-order valence-electron chi connectivity index (χ1n) is 8.51. The molecule has 1 aliphatic rings. The molecule has 0 unspecified atom stereocenters. The molecule has 1 aliphatic heterocycles. The van der Waals surface area contributed by atoms with Gasteiger partial charge in [0, 0.05) is 25.2 Å². The minimum Gasteiger partial charge on any atom is -0.310 e. The zero-order valence-electron chi connectivity index (χ0n) is 13.7. The Morgan fingerprint density at radius 2 is 1.83 bits per heavy atom. The summed E-state index contributed by atoms with van der Waals surface area (Å²) in [6.07, 6.45) is 2.62. The largest absolute Gasteiger partial charge is 0.332 e. The van der Waals surface area contributed by atoms with Gasteiger partial charge in [-0.1, -0.05) is 43.7 Å². The summed E-state index contributed by atoms with van der Waals surface area (Å²) in [6.45, 7) is 3.92. The molecule has 4 rings (SSSR count). The standard InChI is InChI=1S/C18H20N4O2/c1-2-3-10-22-17(23)14-16-20(11-7-12-21(16)18(22)24)15(19-14)13-8-5-4-6-9-13/h4-6,8-9H,2-3,7,10-12H2,1H3. The number of unbranched alkanes of at least 4 members (excludes halogenated alkanes) is 1. The second kappa shape index (κ2) is 5.78. The van der Waals surface area contributed by atoms with Crippen LogP contribution in [0.4, 0.5) is 0 Å². The molecular weight excluding hydrogens is 304 g/mol. The van der Waals surface area contributed by atoms with E-state index in [0.29, 0.717) is 24.3 Å². The fourth-order valence-corrected chi connectivity index (χ4v) is 3.43. The summed E-state index contributed by atoms with van der Waals surface area (Å²) in [5, 5.41) is 0. The van der Waals surface area contributed by atoms with Gasteiger partial charge < -0.3 is 4.57 Å². The van der Waals surface area contributed by atoms with Crippen LogP contribution in [0.25, 0.3) is 22.6 Å². The van der Waals surface area contributed by atoms with Crippen LogP contribution >= 0.6 is 0 Å². The molecule has 0 atom stereocenters. The molecule has 0 amide bonds. The third kappa shape index (κ3) is 2.13. The lowest BCUT2D eigenvalue weighted by Gasteiger charge is -2.19. The average molecular weight is 324 g/mol. The smallest absolute Gasteiger partial charge is 0.310 e. The Balaban J connectivity index is 2.04. The highest BCUT2D eigenvalue weighted by Crippen LogP contribution is 2.25. The number of nitrogens with zero attached hydrogens (tertiary/aromatic N) is 4. The van der Waals surface area contributed by atoms with E-state index in [1.54, 1.807) is 4.57 Å². The molecule has 6 heteroatoms. The molecule has 0 spiro atoms. The van der Waals surface area contributed by atoms with Crippen LogP contribution in [0.15, 0.2) is 39.9 Å². The molecule has 0 radical (unpaired) electrons. The summed E-state index contributed by atoms with van der Waals surface area (Å²) in [5.74, 6) is 0.767. The van der Waals surface area contributed by atoms with Crippen LogP contribution in [0.1, 0.15) is 26.2 Å². The van der Waals surface area contributed by atoms with Gasteiger partial charge in [-0.2, -0.15) is 0 Å². The van der Waals surface area contributed by atoms with Gasteiger partial charge >= 0.3 is 5.69 Å². The number of benzene rings is 1. The summed E-state index contributed by atoms with van der Waals surface area (Å²) >= 11 is 0. The predicted molar refractivity (Wildman–Crippen MR) is 93.2 cm³/mol. The maximum atomic E-state index is 12.8. The lowest BCUT2D eigenvalue weighted by atomic mass is 10.2. The van der Waals surface area contributed by atoms with Crippen molar-refractivity contribution in [2.45, 2.75) is 45.8 Å². The molecule has 24 heavy (non-hydrogen) atoms. The highest BCUT2D eigenvalue weighted by molar-refractivity contribution is 5.77. The number of hydrogen-bond acceptors (Lipinski definition) is 3. The van der Waals surface area contributed by atoms with E-state index in [-0.39, 0.29) is 11.2 Å². The monoisotopic (exact) mass is 324 g/mol. The van der Waals surface area contributed by atoms with E-state index in [1.165, 1.54) is 4.57 Å². The third-order valence-corrected chi connectivity index (χ3v) is 4.64. The normalized spacial score (nSPS) is 13.5. The van der Waals surface area contributed by atoms with Gasteiger partial charge in [-0.25, -0.2) is 9.78 Å². The highest BCUT2D eigenvalue weighted by Gasteiger charge is 2.24. The average Bonchev–Trinajstić information content (AvgIpc) is 3.01. The van der Waals surface area contributed by atoms with Gasteiger partial charge in [-0.05, 0) is 12.8 Å². The summed E-state index contributed by atoms with van der Waals surface area (Å²) in [6, 6.07) is 9.83. The maximum absolute atomic E-state index is 12.8. The molecule has 0 fully saturated rings. The van der Waals surface area contributed by atoms with E-state index in [2.05, 4.69) is 4.98 Å². The van der Waals surface area contributed by atoms with Crippen LogP contribution < -0.4 is 11.2 Å². The van der Waals surface area contributed by atoms with Crippen molar-refractivity contribution in [3.63, 3.8) is 0 Å². The van der Waals surface area contributed by atoms with Crippen molar-refractivity contribution in [3.05, 3.63) is 51.2 Å².